The number of nitrogens with two attached hydrogens (primary N) is 1. The molecule has 2 heterocycles. The van der Waals surface area contributed by atoms with E-state index in [1.54, 1.807) is 23.5 Å². The highest BCUT2D eigenvalue weighted by Gasteiger charge is 2.06. The van der Waals surface area contributed by atoms with Crippen LogP contribution in [0.5, 0.6) is 0 Å². The van der Waals surface area contributed by atoms with E-state index in [1.807, 2.05) is 12.3 Å². The van der Waals surface area contributed by atoms with Crippen LogP contribution < -0.4 is 16.6 Å². The summed E-state index contributed by atoms with van der Waals surface area (Å²) in [5, 5.41) is 5.87. The van der Waals surface area contributed by atoms with Crippen LogP contribution in [0.2, 0.25) is 0 Å². The summed E-state index contributed by atoms with van der Waals surface area (Å²) in [5.41, 5.74) is 3.92. The molecule has 0 saturated carbocycles. The number of aromatic nitrogens is 2. The molecule has 0 atom stereocenters. The number of carbonyl (C=O) groups excluding carboxylic acids is 1. The summed E-state index contributed by atoms with van der Waals surface area (Å²) < 4.78 is 0. The first-order valence-electron chi connectivity index (χ1n) is 5.81. The van der Waals surface area contributed by atoms with Crippen LogP contribution >= 0.6 is 11.3 Å². The normalized spacial score (nSPS) is 10.2. The van der Waals surface area contributed by atoms with Crippen LogP contribution in [0.1, 0.15) is 21.1 Å². The maximum Gasteiger partial charge on any atom is 0.252 e. The summed E-state index contributed by atoms with van der Waals surface area (Å²) in [7, 11) is 0. The molecule has 100 valence electrons. The van der Waals surface area contributed by atoms with E-state index >= 15 is 0 Å². The molecule has 0 aliphatic rings. The number of pyridine rings is 1. The minimum Gasteiger partial charge on any atom is -0.352 e. The van der Waals surface area contributed by atoms with Gasteiger partial charge in [0.05, 0.1) is 16.3 Å². The highest BCUT2D eigenvalue weighted by atomic mass is 32.1. The number of rotatable bonds is 5. The standard InChI is InChI=1S/C12H15N5OS/c1-8-16-10(7-19-8)4-5-14-12(18)9-2-3-11(17-13)15-6-9/h2-3,6-7H,4-5,13H2,1H3,(H,14,18)(H,15,17). The number of hydrogen-bond acceptors (Lipinski definition) is 6. The van der Waals surface area contributed by atoms with Crippen LogP contribution in [-0.2, 0) is 6.42 Å². The number of anilines is 1. The van der Waals surface area contributed by atoms with Crippen molar-refractivity contribution in [2.75, 3.05) is 12.0 Å². The highest BCUT2D eigenvalue weighted by molar-refractivity contribution is 7.09. The number of thiazole rings is 1. The average molecular weight is 277 g/mol. The van der Waals surface area contributed by atoms with Gasteiger partial charge in [0.2, 0.25) is 0 Å². The lowest BCUT2D eigenvalue weighted by molar-refractivity contribution is 0.0954. The van der Waals surface area contributed by atoms with Gasteiger partial charge in [0.1, 0.15) is 5.82 Å². The lowest BCUT2D eigenvalue weighted by atomic mass is 10.2. The molecule has 19 heavy (non-hydrogen) atoms. The highest BCUT2D eigenvalue weighted by Crippen LogP contribution is 2.08. The molecule has 4 N–H and O–H groups in total. The molecule has 1 amide bonds. The molecular weight excluding hydrogens is 262 g/mol. The predicted octanol–water partition coefficient (Wildman–Crippen LogP) is 1.10. The van der Waals surface area contributed by atoms with E-state index in [0.717, 1.165) is 17.1 Å². The van der Waals surface area contributed by atoms with Crippen LogP contribution in [0.25, 0.3) is 0 Å². The summed E-state index contributed by atoms with van der Waals surface area (Å²) >= 11 is 1.61. The van der Waals surface area contributed by atoms with Crippen LogP contribution in [0.15, 0.2) is 23.7 Å². The van der Waals surface area contributed by atoms with Crippen molar-refractivity contribution >= 4 is 23.1 Å². The maximum absolute atomic E-state index is 11.8. The van der Waals surface area contributed by atoms with E-state index in [1.165, 1.54) is 6.20 Å². The summed E-state index contributed by atoms with van der Waals surface area (Å²) in [5.74, 6) is 5.58. The summed E-state index contributed by atoms with van der Waals surface area (Å²) in [6.07, 6.45) is 2.21. The zero-order chi connectivity index (χ0) is 13.7. The lowest BCUT2D eigenvalue weighted by Gasteiger charge is -2.04. The Morgan fingerprint density at radius 1 is 1.47 bits per heavy atom. The molecule has 0 bridgehead atoms. The largest absolute Gasteiger partial charge is 0.352 e. The number of hydrazine groups is 1. The zero-order valence-electron chi connectivity index (χ0n) is 10.5. The molecule has 0 aromatic carbocycles. The second-order valence-corrected chi connectivity index (χ2v) is 5.00. The molecule has 2 rings (SSSR count). The van der Waals surface area contributed by atoms with Crippen LogP contribution in [0.4, 0.5) is 5.82 Å². The van der Waals surface area contributed by atoms with Gasteiger partial charge in [-0.05, 0) is 19.1 Å². The minimum absolute atomic E-state index is 0.150. The van der Waals surface area contributed by atoms with Crippen LogP contribution in [0, 0.1) is 6.92 Å². The monoisotopic (exact) mass is 277 g/mol. The van der Waals surface area contributed by atoms with E-state index in [4.69, 9.17) is 5.84 Å². The van der Waals surface area contributed by atoms with Gasteiger partial charge in [-0.15, -0.1) is 11.3 Å². The van der Waals surface area contributed by atoms with Gasteiger partial charge < -0.3 is 10.7 Å². The van der Waals surface area contributed by atoms with Gasteiger partial charge in [0.25, 0.3) is 5.91 Å². The third-order valence-corrected chi connectivity index (χ3v) is 3.33. The Bertz CT molecular complexity index is 552. The maximum atomic E-state index is 11.8. The van der Waals surface area contributed by atoms with Crippen molar-refractivity contribution in [1.82, 2.24) is 15.3 Å². The van der Waals surface area contributed by atoms with Crippen molar-refractivity contribution in [3.8, 4) is 0 Å². The van der Waals surface area contributed by atoms with Crippen molar-refractivity contribution in [2.45, 2.75) is 13.3 Å². The van der Waals surface area contributed by atoms with Crippen molar-refractivity contribution < 1.29 is 4.79 Å². The third-order valence-electron chi connectivity index (χ3n) is 2.51. The SMILES string of the molecule is Cc1nc(CCNC(=O)c2ccc(NN)nc2)cs1. The first-order valence-corrected chi connectivity index (χ1v) is 6.69. The second kappa shape index (κ2) is 6.26. The van der Waals surface area contributed by atoms with Crippen molar-refractivity contribution in [2.24, 2.45) is 5.84 Å². The molecular formula is C12H15N5OS. The van der Waals surface area contributed by atoms with Gasteiger partial charge in [-0.3, -0.25) is 4.79 Å². The van der Waals surface area contributed by atoms with Crippen molar-refractivity contribution in [1.29, 1.82) is 0 Å². The fraction of sp³-hybridized carbons (Fsp3) is 0.250. The molecule has 0 radical (unpaired) electrons. The van der Waals surface area contributed by atoms with Crippen LogP contribution in [0.3, 0.4) is 0 Å². The molecule has 0 saturated heterocycles. The number of carbonyl (C=O) groups is 1. The fourth-order valence-electron chi connectivity index (χ4n) is 1.54. The molecule has 0 spiro atoms. The van der Waals surface area contributed by atoms with E-state index < -0.39 is 0 Å². The van der Waals surface area contributed by atoms with Gasteiger partial charge in [-0.1, -0.05) is 0 Å². The van der Waals surface area contributed by atoms with Gasteiger partial charge in [0.15, 0.2) is 0 Å². The van der Waals surface area contributed by atoms with Crippen molar-refractivity contribution in [3.63, 3.8) is 0 Å². The minimum atomic E-state index is -0.150. The third kappa shape index (κ3) is 3.73. The average Bonchev–Trinajstić information content (AvgIpc) is 2.84. The molecule has 2 aromatic rings. The second-order valence-electron chi connectivity index (χ2n) is 3.94. The number of nitrogen functional groups attached to an aromatic ring is 1. The van der Waals surface area contributed by atoms with Gasteiger partial charge >= 0.3 is 0 Å². The number of hydrogen-bond donors (Lipinski definition) is 3. The molecule has 0 unspecified atom stereocenters. The smallest absolute Gasteiger partial charge is 0.252 e. The quantitative estimate of drug-likeness (QED) is 0.562. The first-order chi connectivity index (χ1) is 9.19. The van der Waals surface area contributed by atoms with E-state index in [0.29, 0.717) is 17.9 Å². The molecule has 0 aliphatic carbocycles. The zero-order valence-corrected chi connectivity index (χ0v) is 11.3. The molecule has 0 fully saturated rings. The Morgan fingerprint density at radius 2 is 2.32 bits per heavy atom. The Kier molecular flexibility index (Phi) is 4.43. The Morgan fingerprint density at radius 3 is 2.89 bits per heavy atom. The van der Waals surface area contributed by atoms with E-state index in [-0.39, 0.29) is 5.91 Å². The van der Waals surface area contributed by atoms with Gasteiger partial charge in [-0.2, -0.15) is 0 Å². The summed E-state index contributed by atoms with van der Waals surface area (Å²) in [6, 6.07) is 3.32. The van der Waals surface area contributed by atoms with Gasteiger partial charge in [0, 0.05) is 24.5 Å². The summed E-state index contributed by atoms with van der Waals surface area (Å²) in [4.78, 5) is 20.1. The number of nitrogens with zero attached hydrogens (tertiary/aromatic N) is 2. The topological polar surface area (TPSA) is 92.9 Å². The number of amides is 1. The molecule has 2 aromatic heterocycles. The summed E-state index contributed by atoms with van der Waals surface area (Å²) in [6.45, 7) is 2.52. The molecule has 0 aliphatic heterocycles. The van der Waals surface area contributed by atoms with Crippen molar-refractivity contribution in [3.05, 3.63) is 40.0 Å². The Labute approximate surface area is 115 Å². The Hall–Kier alpha value is -1.99. The van der Waals surface area contributed by atoms with E-state index in [9.17, 15) is 4.79 Å². The number of aryl methyl sites for hydroxylation is 1. The first kappa shape index (κ1) is 13.4. The molecule has 6 nitrogen and oxygen atoms in total. The Balaban J connectivity index is 1.83. The number of nitrogens with one attached hydrogen (secondary N) is 2. The lowest BCUT2D eigenvalue weighted by Crippen LogP contribution is -2.26. The predicted molar refractivity (Wildman–Crippen MR) is 74.9 cm³/mol. The van der Waals surface area contributed by atoms with Crippen LogP contribution in [-0.4, -0.2) is 22.4 Å². The molecule has 7 heteroatoms. The fourth-order valence-corrected chi connectivity index (χ4v) is 2.19. The van der Waals surface area contributed by atoms with Gasteiger partial charge in [-0.25, -0.2) is 15.8 Å². The van der Waals surface area contributed by atoms with E-state index in [2.05, 4.69) is 20.7 Å².